The van der Waals surface area contributed by atoms with Crippen molar-refractivity contribution in [3.05, 3.63) is 47.4 Å². The third-order valence-electron chi connectivity index (χ3n) is 3.75. The fraction of sp³-hybridized carbons (Fsp3) is 0.400. The third-order valence-corrected chi connectivity index (χ3v) is 3.75. The average Bonchev–Trinajstić information content (AvgIpc) is 3.08. The Labute approximate surface area is 123 Å². The van der Waals surface area contributed by atoms with E-state index in [9.17, 15) is 0 Å². The van der Waals surface area contributed by atoms with Crippen molar-refractivity contribution < 1.29 is 0 Å². The Bertz CT molecular complexity index is 728. The molecule has 0 aliphatic carbocycles. The summed E-state index contributed by atoms with van der Waals surface area (Å²) in [6, 6.07) is 2.22. The summed E-state index contributed by atoms with van der Waals surface area (Å²) in [7, 11) is 0. The average molecular weight is 284 g/mol. The molecule has 2 N–H and O–H groups in total. The molecule has 3 aromatic rings. The number of hydrogen-bond acceptors (Lipinski definition) is 4. The van der Waals surface area contributed by atoms with Gasteiger partial charge in [0, 0.05) is 54.4 Å². The first-order chi connectivity index (χ1) is 10.1. The maximum Gasteiger partial charge on any atom is 0.155 e. The van der Waals surface area contributed by atoms with Crippen LogP contribution >= 0.6 is 0 Å². The fourth-order valence-electron chi connectivity index (χ4n) is 2.56. The Morgan fingerprint density at radius 2 is 2.19 bits per heavy atom. The zero-order valence-corrected chi connectivity index (χ0v) is 12.6. The molecule has 0 saturated heterocycles. The number of H-pyrrole nitrogens is 1. The quantitative estimate of drug-likeness (QED) is 0.751. The van der Waals surface area contributed by atoms with Gasteiger partial charge in [-0.05, 0) is 20.8 Å². The lowest BCUT2D eigenvalue weighted by atomic mass is 10.1. The van der Waals surface area contributed by atoms with Crippen LogP contribution in [0.2, 0.25) is 0 Å². The van der Waals surface area contributed by atoms with Crippen molar-refractivity contribution in [2.75, 3.05) is 6.54 Å². The summed E-state index contributed by atoms with van der Waals surface area (Å²) in [6.07, 6.45) is 6.44. The number of aryl methyl sites for hydroxylation is 2. The van der Waals surface area contributed by atoms with E-state index in [2.05, 4.69) is 39.2 Å². The van der Waals surface area contributed by atoms with Crippen LogP contribution in [0.5, 0.6) is 0 Å². The largest absolute Gasteiger partial charge is 0.348 e. The molecule has 1 unspecified atom stereocenters. The van der Waals surface area contributed by atoms with Crippen molar-refractivity contribution in [2.45, 2.75) is 33.2 Å². The van der Waals surface area contributed by atoms with Gasteiger partial charge in [-0.25, -0.2) is 14.5 Å². The standard InChI is InChI=1S/C15H20N6/c1-10-6-15-18-8-14(12(3)21(15)20-10)11(2)17-5-4-13-7-16-9-19-13/h6-9,11,17H,4-5H2,1-3H3,(H,16,19). The molecule has 0 aliphatic rings. The topological polar surface area (TPSA) is 70.9 Å². The normalized spacial score (nSPS) is 12.9. The number of hydrogen-bond donors (Lipinski definition) is 2. The predicted octanol–water partition coefficient (Wildman–Crippen LogP) is 1.96. The molecular formula is C15H20N6. The number of aromatic nitrogens is 5. The summed E-state index contributed by atoms with van der Waals surface area (Å²) >= 11 is 0. The molecule has 1 atom stereocenters. The first kappa shape index (κ1) is 13.8. The van der Waals surface area contributed by atoms with Crippen LogP contribution in [0.1, 0.15) is 35.6 Å². The minimum atomic E-state index is 0.231. The van der Waals surface area contributed by atoms with Gasteiger partial charge in [0.2, 0.25) is 0 Å². The van der Waals surface area contributed by atoms with Crippen LogP contribution in [0.4, 0.5) is 0 Å². The van der Waals surface area contributed by atoms with Crippen LogP contribution in [0.15, 0.2) is 24.8 Å². The van der Waals surface area contributed by atoms with Crippen molar-refractivity contribution >= 4 is 5.65 Å². The number of nitrogens with zero attached hydrogens (tertiary/aromatic N) is 4. The van der Waals surface area contributed by atoms with Crippen molar-refractivity contribution in [1.82, 2.24) is 29.9 Å². The summed E-state index contributed by atoms with van der Waals surface area (Å²) in [5.74, 6) is 0. The number of aromatic amines is 1. The highest BCUT2D eigenvalue weighted by molar-refractivity contribution is 5.42. The molecule has 0 saturated carbocycles. The minimum Gasteiger partial charge on any atom is -0.348 e. The highest BCUT2D eigenvalue weighted by atomic mass is 15.3. The van der Waals surface area contributed by atoms with E-state index < -0.39 is 0 Å². The molecule has 0 fully saturated rings. The molecule has 3 aromatic heterocycles. The monoisotopic (exact) mass is 284 g/mol. The zero-order chi connectivity index (χ0) is 14.8. The first-order valence-electron chi connectivity index (χ1n) is 7.17. The second kappa shape index (κ2) is 5.65. The first-order valence-corrected chi connectivity index (χ1v) is 7.17. The predicted molar refractivity (Wildman–Crippen MR) is 81.2 cm³/mol. The van der Waals surface area contributed by atoms with Crippen molar-refractivity contribution in [1.29, 1.82) is 0 Å². The Morgan fingerprint density at radius 3 is 2.95 bits per heavy atom. The second-order valence-electron chi connectivity index (χ2n) is 5.36. The Hall–Kier alpha value is -2.21. The van der Waals surface area contributed by atoms with E-state index in [0.717, 1.165) is 35.7 Å². The van der Waals surface area contributed by atoms with Gasteiger partial charge >= 0.3 is 0 Å². The van der Waals surface area contributed by atoms with Crippen LogP contribution in [0, 0.1) is 13.8 Å². The van der Waals surface area contributed by atoms with E-state index in [1.54, 1.807) is 6.33 Å². The van der Waals surface area contributed by atoms with E-state index >= 15 is 0 Å². The van der Waals surface area contributed by atoms with Gasteiger partial charge in [-0.3, -0.25) is 0 Å². The zero-order valence-electron chi connectivity index (χ0n) is 12.6. The molecule has 0 aliphatic heterocycles. The van der Waals surface area contributed by atoms with Crippen molar-refractivity contribution in [3.63, 3.8) is 0 Å². The van der Waals surface area contributed by atoms with Gasteiger partial charge in [0.15, 0.2) is 5.65 Å². The molecule has 0 spiro atoms. The summed E-state index contributed by atoms with van der Waals surface area (Å²) in [5.41, 5.74) is 5.34. The van der Waals surface area contributed by atoms with Crippen LogP contribution < -0.4 is 5.32 Å². The maximum absolute atomic E-state index is 4.49. The van der Waals surface area contributed by atoms with Gasteiger partial charge in [-0.1, -0.05) is 0 Å². The molecule has 6 heteroatoms. The Balaban J connectivity index is 1.71. The minimum absolute atomic E-state index is 0.231. The van der Waals surface area contributed by atoms with Crippen LogP contribution in [-0.4, -0.2) is 31.1 Å². The van der Waals surface area contributed by atoms with Gasteiger partial charge in [-0.2, -0.15) is 5.10 Å². The Kier molecular flexibility index (Phi) is 3.70. The van der Waals surface area contributed by atoms with Crippen LogP contribution in [0.25, 0.3) is 5.65 Å². The van der Waals surface area contributed by atoms with E-state index in [-0.39, 0.29) is 6.04 Å². The molecule has 21 heavy (non-hydrogen) atoms. The van der Waals surface area contributed by atoms with E-state index in [0.29, 0.717) is 0 Å². The highest BCUT2D eigenvalue weighted by Crippen LogP contribution is 2.17. The fourth-order valence-corrected chi connectivity index (χ4v) is 2.56. The smallest absolute Gasteiger partial charge is 0.155 e. The lowest BCUT2D eigenvalue weighted by Crippen LogP contribution is -2.23. The number of nitrogens with one attached hydrogen (secondary N) is 2. The summed E-state index contributed by atoms with van der Waals surface area (Å²) in [5, 5.41) is 8.01. The molecule has 0 aromatic carbocycles. The molecular weight excluding hydrogens is 264 g/mol. The number of rotatable bonds is 5. The number of imidazole rings is 1. The second-order valence-corrected chi connectivity index (χ2v) is 5.36. The molecule has 6 nitrogen and oxygen atoms in total. The van der Waals surface area contributed by atoms with E-state index in [1.807, 2.05) is 29.9 Å². The molecule has 0 amide bonds. The summed E-state index contributed by atoms with van der Waals surface area (Å²) < 4.78 is 1.91. The van der Waals surface area contributed by atoms with Gasteiger partial charge < -0.3 is 10.3 Å². The third kappa shape index (κ3) is 2.80. The van der Waals surface area contributed by atoms with Gasteiger partial charge in [0.05, 0.1) is 12.0 Å². The maximum atomic E-state index is 4.49. The molecule has 110 valence electrons. The Morgan fingerprint density at radius 1 is 1.33 bits per heavy atom. The van der Waals surface area contributed by atoms with Crippen LogP contribution in [0.3, 0.4) is 0 Å². The number of fused-ring (bicyclic) bond motifs is 1. The van der Waals surface area contributed by atoms with E-state index in [4.69, 9.17) is 0 Å². The SMILES string of the molecule is Cc1cc2ncc(C(C)NCCc3cnc[nH]3)c(C)n2n1. The summed E-state index contributed by atoms with van der Waals surface area (Å²) in [6.45, 7) is 7.11. The molecule has 3 rings (SSSR count). The van der Waals surface area contributed by atoms with Crippen molar-refractivity contribution in [3.8, 4) is 0 Å². The van der Waals surface area contributed by atoms with Gasteiger partial charge in [0.25, 0.3) is 0 Å². The highest BCUT2D eigenvalue weighted by Gasteiger charge is 2.12. The lowest BCUT2D eigenvalue weighted by Gasteiger charge is -2.16. The lowest BCUT2D eigenvalue weighted by molar-refractivity contribution is 0.565. The van der Waals surface area contributed by atoms with Gasteiger partial charge in [0.1, 0.15) is 0 Å². The van der Waals surface area contributed by atoms with Gasteiger partial charge in [-0.15, -0.1) is 0 Å². The van der Waals surface area contributed by atoms with Crippen LogP contribution in [-0.2, 0) is 6.42 Å². The summed E-state index contributed by atoms with van der Waals surface area (Å²) in [4.78, 5) is 11.6. The van der Waals surface area contributed by atoms with E-state index in [1.165, 1.54) is 5.56 Å². The van der Waals surface area contributed by atoms with Crippen molar-refractivity contribution in [2.24, 2.45) is 0 Å². The molecule has 0 bridgehead atoms. The molecule has 0 radical (unpaired) electrons. The molecule has 3 heterocycles.